The van der Waals surface area contributed by atoms with Gasteiger partial charge in [0, 0.05) is 0 Å². The molecular formula is C11H22O10P2. The van der Waals surface area contributed by atoms with E-state index in [1.54, 1.807) is 24.3 Å². The van der Waals surface area contributed by atoms with Crippen LogP contribution in [-0.2, 0) is 4.31 Å². The number of phenols is 1. The number of aliphatic hydroxyl groups excluding tert-OH is 4. The van der Waals surface area contributed by atoms with Crippen molar-refractivity contribution in [2.45, 2.75) is 0 Å². The summed E-state index contributed by atoms with van der Waals surface area (Å²) in [6.45, 7) is -1.62. The highest BCUT2D eigenvalue weighted by Gasteiger charge is 2.26. The third kappa shape index (κ3) is 14.8. The van der Waals surface area contributed by atoms with Crippen LogP contribution in [0.25, 0.3) is 0 Å². The Kier molecular flexibility index (Phi) is 16.2. The van der Waals surface area contributed by atoms with Gasteiger partial charge in [-0.1, -0.05) is 18.2 Å². The molecule has 0 bridgehead atoms. The van der Waals surface area contributed by atoms with E-state index in [1.807, 2.05) is 6.07 Å². The zero-order chi connectivity index (χ0) is 18.3. The van der Waals surface area contributed by atoms with Crippen molar-refractivity contribution < 1.29 is 49.4 Å². The molecule has 0 amide bonds. The van der Waals surface area contributed by atoms with Gasteiger partial charge in [0.25, 0.3) is 0 Å². The molecule has 10 nitrogen and oxygen atoms in total. The predicted molar refractivity (Wildman–Crippen MR) is 82.7 cm³/mol. The van der Waals surface area contributed by atoms with Crippen LogP contribution >= 0.6 is 17.2 Å². The minimum absolute atomic E-state index is 0.322. The molecule has 0 radical (unpaired) electrons. The number of rotatable bonds is 6. The summed E-state index contributed by atoms with van der Waals surface area (Å²) < 4.78 is 3.60. The van der Waals surface area contributed by atoms with Crippen LogP contribution in [0.4, 0.5) is 0 Å². The van der Waals surface area contributed by atoms with Crippen molar-refractivity contribution in [3.8, 4) is 5.75 Å². The number of para-hydroxylation sites is 1. The van der Waals surface area contributed by atoms with Crippen molar-refractivity contribution in [3.63, 3.8) is 0 Å². The number of phenolic OH excluding ortho intramolecular Hbond substituents is 1. The summed E-state index contributed by atoms with van der Waals surface area (Å²) in [6, 6.07) is 8.71. The first-order valence-corrected chi connectivity index (χ1v) is 8.31. The Morgan fingerprint density at radius 1 is 0.739 bits per heavy atom. The molecule has 136 valence electrons. The molecule has 1 aromatic rings. The molecule has 1 rings (SSSR count). The Bertz CT molecular complexity index is 338. The summed E-state index contributed by atoms with van der Waals surface area (Å²) in [7, 11) is -5.22. The standard InChI is InChI=1S/C6H6O.C5H12O4.H4O5P2/c7-6-4-2-1-3-5-6;6-1-5(2-7,3-8)4-9;1-6(2)5-7(3)4/h1-5,7H;6-9H,1-4H2;1-4H. The quantitative estimate of drug-likeness (QED) is 0.271. The van der Waals surface area contributed by atoms with Gasteiger partial charge in [-0.2, -0.15) is 0 Å². The van der Waals surface area contributed by atoms with Crippen LogP contribution < -0.4 is 0 Å². The molecule has 0 fully saturated rings. The van der Waals surface area contributed by atoms with Gasteiger partial charge >= 0.3 is 17.2 Å². The predicted octanol–water partition coefficient (Wildman–Crippen LogP) is -1.24. The lowest BCUT2D eigenvalue weighted by atomic mass is 9.93. The highest BCUT2D eigenvalue weighted by Crippen LogP contribution is 2.41. The van der Waals surface area contributed by atoms with Gasteiger partial charge in [0.05, 0.1) is 31.8 Å². The monoisotopic (exact) mass is 376 g/mol. The van der Waals surface area contributed by atoms with Gasteiger partial charge in [-0.3, -0.25) is 0 Å². The first kappa shape index (κ1) is 24.8. The highest BCUT2D eigenvalue weighted by atomic mass is 31.2. The Morgan fingerprint density at radius 3 is 1.17 bits per heavy atom. The molecule has 0 atom stereocenters. The van der Waals surface area contributed by atoms with Crippen LogP contribution in [0.3, 0.4) is 0 Å². The van der Waals surface area contributed by atoms with Crippen LogP contribution in [0, 0.1) is 5.41 Å². The Morgan fingerprint density at radius 2 is 1.09 bits per heavy atom. The Balaban J connectivity index is 0. The smallest absolute Gasteiger partial charge is 0.334 e. The third-order valence-electron chi connectivity index (χ3n) is 2.24. The molecule has 0 aliphatic carbocycles. The van der Waals surface area contributed by atoms with Gasteiger partial charge in [-0.15, -0.1) is 0 Å². The van der Waals surface area contributed by atoms with Crippen molar-refractivity contribution >= 4 is 17.2 Å². The van der Waals surface area contributed by atoms with Crippen LogP contribution in [0.5, 0.6) is 5.75 Å². The van der Waals surface area contributed by atoms with Gasteiger partial charge in [0.1, 0.15) is 5.75 Å². The zero-order valence-electron chi connectivity index (χ0n) is 12.0. The fourth-order valence-electron chi connectivity index (χ4n) is 0.793. The second-order valence-corrected chi connectivity index (χ2v) is 5.72. The fourth-order valence-corrected chi connectivity index (χ4v) is 1.32. The van der Waals surface area contributed by atoms with Gasteiger partial charge in [-0.05, 0) is 12.1 Å². The molecule has 1 aromatic carbocycles. The van der Waals surface area contributed by atoms with E-state index in [0.29, 0.717) is 5.75 Å². The average Bonchev–Trinajstić information content (AvgIpc) is 2.51. The molecule has 9 N–H and O–H groups in total. The number of benzene rings is 1. The molecule has 12 heteroatoms. The molecule has 0 aliphatic heterocycles. The summed E-state index contributed by atoms with van der Waals surface area (Å²) in [5, 5.41) is 42.6. The summed E-state index contributed by atoms with van der Waals surface area (Å²) in [4.78, 5) is 31.3. The average molecular weight is 376 g/mol. The van der Waals surface area contributed by atoms with Crippen molar-refractivity contribution in [2.75, 3.05) is 26.4 Å². The first-order valence-electron chi connectivity index (χ1n) is 5.98. The van der Waals surface area contributed by atoms with E-state index in [-0.39, 0.29) is 0 Å². The van der Waals surface area contributed by atoms with Crippen molar-refractivity contribution in [1.29, 1.82) is 0 Å². The fraction of sp³-hybridized carbons (Fsp3) is 0.455. The summed E-state index contributed by atoms with van der Waals surface area (Å²) in [6.07, 6.45) is 0. The Hall–Kier alpha value is -0.480. The number of aliphatic hydroxyl groups is 4. The lowest BCUT2D eigenvalue weighted by Gasteiger charge is -2.23. The minimum Gasteiger partial charge on any atom is -0.508 e. The maximum absolute atomic E-state index is 8.63. The lowest BCUT2D eigenvalue weighted by Crippen LogP contribution is -2.37. The summed E-state index contributed by atoms with van der Waals surface area (Å²) in [5.74, 6) is 0.322. The van der Waals surface area contributed by atoms with Crippen LogP contribution in [-0.4, -0.2) is 71.5 Å². The molecule has 0 unspecified atom stereocenters. The van der Waals surface area contributed by atoms with Crippen molar-refractivity contribution in [1.82, 2.24) is 0 Å². The first-order chi connectivity index (χ1) is 10.8. The molecule has 0 saturated carbocycles. The maximum Gasteiger partial charge on any atom is 0.334 e. The molecular weight excluding hydrogens is 354 g/mol. The van der Waals surface area contributed by atoms with Gasteiger partial charge < -0.3 is 45.1 Å². The second-order valence-electron chi connectivity index (χ2n) is 4.06. The van der Waals surface area contributed by atoms with Gasteiger partial charge in [0.15, 0.2) is 0 Å². The van der Waals surface area contributed by atoms with E-state index in [2.05, 4.69) is 4.31 Å². The molecule has 0 aromatic heterocycles. The summed E-state index contributed by atoms with van der Waals surface area (Å²) in [5.41, 5.74) is -1.11. The van der Waals surface area contributed by atoms with E-state index in [9.17, 15) is 0 Å². The topological polar surface area (TPSA) is 191 Å². The van der Waals surface area contributed by atoms with Crippen LogP contribution in [0.2, 0.25) is 0 Å². The Labute approximate surface area is 135 Å². The number of hydrogen-bond donors (Lipinski definition) is 9. The normalized spacial score (nSPS) is 10.7. The van der Waals surface area contributed by atoms with E-state index in [1.165, 1.54) is 0 Å². The van der Waals surface area contributed by atoms with Gasteiger partial charge in [-0.25, -0.2) is 4.31 Å². The molecule has 0 spiro atoms. The molecule has 0 aliphatic rings. The van der Waals surface area contributed by atoms with Crippen LogP contribution in [0.15, 0.2) is 30.3 Å². The second kappa shape index (κ2) is 15.1. The number of aromatic hydroxyl groups is 1. The zero-order valence-corrected chi connectivity index (χ0v) is 13.8. The molecule has 0 heterocycles. The highest BCUT2D eigenvalue weighted by molar-refractivity contribution is 7.53. The minimum atomic E-state index is -2.61. The third-order valence-corrected chi connectivity index (χ3v) is 3.41. The molecule has 23 heavy (non-hydrogen) atoms. The molecule has 0 saturated heterocycles. The van der Waals surface area contributed by atoms with Crippen molar-refractivity contribution in [2.24, 2.45) is 5.41 Å². The van der Waals surface area contributed by atoms with E-state index >= 15 is 0 Å². The lowest BCUT2D eigenvalue weighted by molar-refractivity contribution is -0.0328. The van der Waals surface area contributed by atoms with Crippen LogP contribution in [0.1, 0.15) is 0 Å². The largest absolute Gasteiger partial charge is 0.508 e. The van der Waals surface area contributed by atoms with E-state index < -0.39 is 49.0 Å². The maximum atomic E-state index is 8.63. The van der Waals surface area contributed by atoms with Gasteiger partial charge in [0.2, 0.25) is 0 Å². The van der Waals surface area contributed by atoms with E-state index in [0.717, 1.165) is 0 Å². The number of hydrogen-bond acceptors (Lipinski definition) is 10. The summed E-state index contributed by atoms with van der Waals surface area (Å²) >= 11 is 0. The van der Waals surface area contributed by atoms with Crippen molar-refractivity contribution in [3.05, 3.63) is 30.3 Å². The SMILES string of the molecule is OCC(CO)(CO)CO.OP(O)OP(O)O.Oc1ccccc1. The van der Waals surface area contributed by atoms with E-state index in [4.69, 9.17) is 45.1 Å².